The Morgan fingerprint density at radius 1 is 1.41 bits per heavy atom. The van der Waals surface area contributed by atoms with Gasteiger partial charge in [0.15, 0.2) is 5.78 Å². The van der Waals surface area contributed by atoms with Gasteiger partial charge >= 0.3 is 5.97 Å². The molecular formula is C12H10ClNO3. The largest absolute Gasteiger partial charge is 0.480 e. The van der Waals surface area contributed by atoms with E-state index in [1.165, 1.54) is 11.5 Å². The number of carbonyl (C=O) groups is 2. The van der Waals surface area contributed by atoms with Gasteiger partial charge in [0.1, 0.15) is 6.54 Å². The van der Waals surface area contributed by atoms with E-state index in [0.29, 0.717) is 21.5 Å². The molecule has 1 aromatic heterocycles. The van der Waals surface area contributed by atoms with Crippen LogP contribution in [0, 0.1) is 0 Å². The van der Waals surface area contributed by atoms with Crippen molar-refractivity contribution < 1.29 is 14.7 Å². The number of hydrogen-bond donors (Lipinski definition) is 1. The van der Waals surface area contributed by atoms with Crippen molar-refractivity contribution in [2.45, 2.75) is 13.5 Å². The van der Waals surface area contributed by atoms with Gasteiger partial charge in [-0.15, -0.1) is 0 Å². The van der Waals surface area contributed by atoms with Crippen LogP contribution in [0.4, 0.5) is 0 Å². The molecule has 0 atom stereocenters. The van der Waals surface area contributed by atoms with Crippen LogP contribution >= 0.6 is 11.6 Å². The highest BCUT2D eigenvalue weighted by atomic mass is 35.5. The van der Waals surface area contributed by atoms with Crippen LogP contribution in [0.25, 0.3) is 10.9 Å². The molecular weight excluding hydrogens is 242 g/mol. The van der Waals surface area contributed by atoms with Gasteiger partial charge in [0.25, 0.3) is 0 Å². The number of aromatic nitrogens is 1. The smallest absolute Gasteiger partial charge is 0.323 e. The zero-order valence-electron chi connectivity index (χ0n) is 9.11. The number of carboxylic acids is 1. The number of nitrogens with zero attached hydrogens (tertiary/aromatic N) is 1. The summed E-state index contributed by atoms with van der Waals surface area (Å²) in [7, 11) is 0. The second-order valence-corrected chi connectivity index (χ2v) is 4.22. The summed E-state index contributed by atoms with van der Waals surface area (Å²) in [5.74, 6) is -1.06. The normalized spacial score (nSPS) is 10.7. The maximum absolute atomic E-state index is 11.5. The zero-order valence-corrected chi connectivity index (χ0v) is 9.86. The van der Waals surface area contributed by atoms with Crippen molar-refractivity contribution in [1.82, 2.24) is 4.57 Å². The minimum Gasteiger partial charge on any atom is -0.480 e. The first-order valence-electron chi connectivity index (χ1n) is 5.00. The molecule has 2 rings (SSSR count). The van der Waals surface area contributed by atoms with Crippen LogP contribution in [0.15, 0.2) is 24.4 Å². The third kappa shape index (κ3) is 2.17. The molecule has 5 heteroatoms. The fraction of sp³-hybridized carbons (Fsp3) is 0.167. The molecule has 17 heavy (non-hydrogen) atoms. The van der Waals surface area contributed by atoms with E-state index >= 15 is 0 Å². The predicted molar refractivity (Wildman–Crippen MR) is 64.6 cm³/mol. The number of ketones is 1. The Hall–Kier alpha value is -1.81. The third-order valence-corrected chi connectivity index (χ3v) is 2.76. The van der Waals surface area contributed by atoms with Crippen molar-refractivity contribution in [2.24, 2.45) is 0 Å². The summed E-state index contributed by atoms with van der Waals surface area (Å²) in [4.78, 5) is 22.2. The minimum atomic E-state index is -0.952. The number of fused-ring (bicyclic) bond motifs is 1. The molecule has 0 aliphatic rings. The molecule has 2 aromatic rings. The summed E-state index contributed by atoms with van der Waals surface area (Å²) in [6, 6.07) is 5.06. The van der Waals surface area contributed by atoms with Crippen LogP contribution in [0.3, 0.4) is 0 Å². The topological polar surface area (TPSA) is 59.3 Å². The molecule has 0 aliphatic carbocycles. The number of benzene rings is 1. The molecule has 0 unspecified atom stereocenters. The van der Waals surface area contributed by atoms with Gasteiger partial charge < -0.3 is 9.67 Å². The number of halogens is 1. The first-order chi connectivity index (χ1) is 7.99. The Morgan fingerprint density at radius 3 is 2.71 bits per heavy atom. The van der Waals surface area contributed by atoms with Crippen molar-refractivity contribution >= 4 is 34.3 Å². The van der Waals surface area contributed by atoms with Crippen molar-refractivity contribution in [1.29, 1.82) is 0 Å². The van der Waals surface area contributed by atoms with E-state index < -0.39 is 5.97 Å². The average molecular weight is 252 g/mol. The summed E-state index contributed by atoms with van der Waals surface area (Å²) in [5.41, 5.74) is 1.19. The lowest BCUT2D eigenvalue weighted by molar-refractivity contribution is -0.137. The molecule has 4 nitrogen and oxygen atoms in total. The van der Waals surface area contributed by atoms with Gasteiger partial charge in [0.05, 0.1) is 0 Å². The van der Waals surface area contributed by atoms with Crippen molar-refractivity contribution in [2.75, 3.05) is 0 Å². The zero-order chi connectivity index (χ0) is 12.6. The van der Waals surface area contributed by atoms with Gasteiger partial charge in [-0.05, 0) is 25.1 Å². The minimum absolute atomic E-state index is 0.110. The van der Waals surface area contributed by atoms with E-state index in [-0.39, 0.29) is 12.3 Å². The number of hydrogen-bond acceptors (Lipinski definition) is 2. The summed E-state index contributed by atoms with van der Waals surface area (Å²) in [6.07, 6.45) is 1.55. The maximum Gasteiger partial charge on any atom is 0.323 e. The summed E-state index contributed by atoms with van der Waals surface area (Å²) in [5, 5.41) is 10.0. The quantitative estimate of drug-likeness (QED) is 0.853. The lowest BCUT2D eigenvalue weighted by Crippen LogP contribution is -2.07. The van der Waals surface area contributed by atoms with Crippen LogP contribution < -0.4 is 0 Å². The molecule has 0 bridgehead atoms. The van der Waals surface area contributed by atoms with Gasteiger partial charge in [-0.3, -0.25) is 9.59 Å². The molecule has 0 spiro atoms. The second kappa shape index (κ2) is 4.22. The standard InChI is InChI=1S/C12H10ClNO3/c1-7(15)10-5-14(6-12(16)17)11-3-2-8(13)4-9(10)11/h2-5H,6H2,1H3,(H,16,17). The average Bonchev–Trinajstić information content (AvgIpc) is 2.55. The molecule has 1 heterocycles. The van der Waals surface area contributed by atoms with Crippen LogP contribution in [-0.4, -0.2) is 21.4 Å². The second-order valence-electron chi connectivity index (χ2n) is 3.78. The van der Waals surface area contributed by atoms with Crippen LogP contribution in [0.1, 0.15) is 17.3 Å². The fourth-order valence-corrected chi connectivity index (χ4v) is 2.00. The van der Waals surface area contributed by atoms with E-state index in [4.69, 9.17) is 16.7 Å². The van der Waals surface area contributed by atoms with E-state index in [9.17, 15) is 9.59 Å². The number of carboxylic acid groups (broad SMARTS) is 1. The number of carbonyl (C=O) groups excluding carboxylic acids is 1. The predicted octanol–water partition coefficient (Wildman–Crippen LogP) is 2.58. The van der Waals surface area contributed by atoms with Gasteiger partial charge in [0, 0.05) is 27.7 Å². The van der Waals surface area contributed by atoms with E-state index in [1.54, 1.807) is 24.4 Å². The van der Waals surface area contributed by atoms with Crippen LogP contribution in [0.2, 0.25) is 5.02 Å². The number of rotatable bonds is 3. The SMILES string of the molecule is CC(=O)c1cn(CC(=O)O)c2ccc(Cl)cc12. The van der Waals surface area contributed by atoms with Crippen molar-refractivity contribution in [3.05, 3.63) is 35.0 Å². The van der Waals surface area contributed by atoms with E-state index in [0.717, 1.165) is 0 Å². The highest BCUT2D eigenvalue weighted by Crippen LogP contribution is 2.25. The first-order valence-corrected chi connectivity index (χ1v) is 5.38. The molecule has 0 amide bonds. The van der Waals surface area contributed by atoms with Gasteiger partial charge in [-0.25, -0.2) is 0 Å². The summed E-state index contributed by atoms with van der Waals surface area (Å²) in [6.45, 7) is 1.27. The molecule has 0 saturated heterocycles. The summed E-state index contributed by atoms with van der Waals surface area (Å²) < 4.78 is 1.53. The fourth-order valence-electron chi connectivity index (χ4n) is 1.83. The molecule has 0 radical (unpaired) electrons. The van der Waals surface area contributed by atoms with E-state index in [1.807, 2.05) is 0 Å². The molecule has 1 N–H and O–H groups in total. The lowest BCUT2D eigenvalue weighted by Gasteiger charge is -2.00. The van der Waals surface area contributed by atoms with E-state index in [2.05, 4.69) is 0 Å². The number of aliphatic carboxylic acids is 1. The third-order valence-electron chi connectivity index (χ3n) is 2.53. The number of Topliss-reactive ketones (excluding diaryl/α,β-unsaturated/α-hetero) is 1. The highest BCUT2D eigenvalue weighted by Gasteiger charge is 2.13. The van der Waals surface area contributed by atoms with Crippen molar-refractivity contribution in [3.63, 3.8) is 0 Å². The Bertz CT molecular complexity index is 615. The Labute approximate surface area is 102 Å². The lowest BCUT2D eigenvalue weighted by atomic mass is 10.1. The van der Waals surface area contributed by atoms with Crippen molar-refractivity contribution in [3.8, 4) is 0 Å². The van der Waals surface area contributed by atoms with Crippen LogP contribution in [0.5, 0.6) is 0 Å². The Balaban J connectivity index is 2.70. The molecule has 88 valence electrons. The monoisotopic (exact) mass is 251 g/mol. The Kier molecular flexibility index (Phi) is 2.90. The maximum atomic E-state index is 11.5. The van der Waals surface area contributed by atoms with Gasteiger partial charge in [-0.1, -0.05) is 11.6 Å². The summed E-state index contributed by atoms with van der Waals surface area (Å²) >= 11 is 5.87. The molecule has 0 saturated carbocycles. The van der Waals surface area contributed by atoms with Gasteiger partial charge in [0.2, 0.25) is 0 Å². The molecule has 0 fully saturated rings. The van der Waals surface area contributed by atoms with Gasteiger partial charge in [-0.2, -0.15) is 0 Å². The van der Waals surface area contributed by atoms with Crippen LogP contribution in [-0.2, 0) is 11.3 Å². The first kappa shape index (κ1) is 11.7. The Morgan fingerprint density at radius 2 is 2.12 bits per heavy atom. The molecule has 1 aromatic carbocycles. The highest BCUT2D eigenvalue weighted by molar-refractivity contribution is 6.31. The molecule has 0 aliphatic heterocycles.